The summed E-state index contributed by atoms with van der Waals surface area (Å²) in [6.45, 7) is 0.860. The number of hydrogen-bond donors (Lipinski definition) is 1. The number of phenolic OH excluding ortho intramolecular Hbond substituents is 1. The number of aromatic hydroxyl groups is 1. The molecule has 6 heteroatoms. The molecule has 1 N–H and O–H groups in total. The van der Waals surface area contributed by atoms with Gasteiger partial charge >= 0.3 is 0 Å². The van der Waals surface area contributed by atoms with Crippen molar-refractivity contribution in [2.45, 2.75) is 30.6 Å². The molecule has 1 aliphatic carbocycles. The zero-order valence-corrected chi connectivity index (χ0v) is 11.3. The van der Waals surface area contributed by atoms with Crippen LogP contribution in [-0.4, -0.2) is 30.9 Å². The van der Waals surface area contributed by atoms with E-state index in [-0.39, 0.29) is 5.41 Å². The molecule has 3 rings (SSSR count). The predicted molar refractivity (Wildman–Crippen MR) is 67.7 cm³/mol. The Morgan fingerprint density at radius 1 is 1.26 bits per heavy atom. The van der Waals surface area contributed by atoms with E-state index < -0.39 is 26.5 Å². The Kier molecular flexibility index (Phi) is 2.83. The zero-order chi connectivity index (χ0) is 13.7. The van der Waals surface area contributed by atoms with E-state index >= 15 is 0 Å². The molecule has 1 saturated heterocycles. The van der Waals surface area contributed by atoms with Gasteiger partial charge in [0.1, 0.15) is 11.6 Å². The van der Waals surface area contributed by atoms with Crippen LogP contribution >= 0.6 is 0 Å². The number of halogens is 1. The second kappa shape index (κ2) is 4.18. The lowest BCUT2D eigenvalue weighted by molar-refractivity contribution is 0.153. The van der Waals surface area contributed by atoms with E-state index in [2.05, 4.69) is 0 Å². The second-order valence-corrected chi connectivity index (χ2v) is 7.41. The van der Waals surface area contributed by atoms with Gasteiger partial charge in [0.05, 0.1) is 0 Å². The minimum atomic E-state index is -3.94. The molecule has 1 heterocycles. The molecule has 19 heavy (non-hydrogen) atoms. The molecule has 4 nitrogen and oxygen atoms in total. The number of rotatable bonds is 2. The van der Waals surface area contributed by atoms with Crippen molar-refractivity contribution >= 4 is 10.0 Å². The minimum Gasteiger partial charge on any atom is -0.506 e. The molecule has 1 saturated carbocycles. The van der Waals surface area contributed by atoms with Crippen LogP contribution in [0.1, 0.15) is 25.7 Å². The number of nitrogens with zero attached hydrogens (tertiary/aromatic N) is 1. The minimum absolute atomic E-state index is 0.105. The van der Waals surface area contributed by atoms with E-state index in [1.807, 2.05) is 0 Å². The van der Waals surface area contributed by atoms with Crippen LogP contribution in [-0.2, 0) is 10.0 Å². The summed E-state index contributed by atoms with van der Waals surface area (Å²) in [7, 11) is -3.94. The third-order valence-electron chi connectivity index (χ3n) is 4.36. The summed E-state index contributed by atoms with van der Waals surface area (Å²) >= 11 is 0. The molecule has 0 atom stereocenters. The molecule has 0 aromatic heterocycles. The zero-order valence-electron chi connectivity index (χ0n) is 10.5. The van der Waals surface area contributed by atoms with E-state index in [9.17, 15) is 17.9 Å². The van der Waals surface area contributed by atoms with Crippen molar-refractivity contribution in [2.75, 3.05) is 13.1 Å². The highest BCUT2D eigenvalue weighted by molar-refractivity contribution is 7.89. The molecule has 2 aliphatic rings. The van der Waals surface area contributed by atoms with Crippen molar-refractivity contribution < 1.29 is 17.9 Å². The van der Waals surface area contributed by atoms with E-state index in [4.69, 9.17) is 0 Å². The van der Waals surface area contributed by atoms with Gasteiger partial charge in [0, 0.05) is 13.1 Å². The maximum atomic E-state index is 13.7. The first-order chi connectivity index (χ1) is 8.95. The molecule has 1 aromatic rings. The fourth-order valence-electron chi connectivity index (χ4n) is 3.07. The molecule has 0 unspecified atom stereocenters. The molecule has 1 aromatic carbocycles. The summed E-state index contributed by atoms with van der Waals surface area (Å²) in [6, 6.07) is 3.55. The lowest BCUT2D eigenvalue weighted by atomic mass is 9.68. The molecule has 0 radical (unpaired) electrons. The molecular weight excluding hydrogens is 269 g/mol. The molecule has 2 fully saturated rings. The standard InChI is InChI=1S/C13H16FNO3S/c14-10-3-1-4-11(16)12(10)19(17,18)15-8-7-13(9-15)5-2-6-13/h1,3-4,16H,2,5-9H2. The van der Waals surface area contributed by atoms with Crippen LogP contribution < -0.4 is 0 Å². The van der Waals surface area contributed by atoms with Crippen molar-refractivity contribution in [3.8, 4) is 5.75 Å². The molecule has 1 spiro atoms. The summed E-state index contributed by atoms with van der Waals surface area (Å²) < 4.78 is 39.9. The van der Waals surface area contributed by atoms with Crippen LogP contribution in [0.25, 0.3) is 0 Å². The Hall–Kier alpha value is -1.14. The molecule has 1 aliphatic heterocycles. The maximum Gasteiger partial charge on any atom is 0.249 e. The van der Waals surface area contributed by atoms with E-state index in [1.54, 1.807) is 0 Å². The first-order valence-corrected chi connectivity index (χ1v) is 7.86. The summed E-state index contributed by atoms with van der Waals surface area (Å²) in [5.74, 6) is -1.41. The van der Waals surface area contributed by atoms with Crippen LogP contribution in [0.4, 0.5) is 4.39 Å². The van der Waals surface area contributed by atoms with Gasteiger partial charge < -0.3 is 5.11 Å². The molecule has 104 valence electrons. The Morgan fingerprint density at radius 2 is 2.00 bits per heavy atom. The van der Waals surface area contributed by atoms with Gasteiger partial charge in [0.15, 0.2) is 4.90 Å². The third-order valence-corrected chi connectivity index (χ3v) is 6.27. The van der Waals surface area contributed by atoms with Crippen molar-refractivity contribution in [3.05, 3.63) is 24.0 Å². The van der Waals surface area contributed by atoms with Crippen LogP contribution in [0.3, 0.4) is 0 Å². The fourth-order valence-corrected chi connectivity index (χ4v) is 4.75. The largest absolute Gasteiger partial charge is 0.506 e. The van der Waals surface area contributed by atoms with Gasteiger partial charge in [0.25, 0.3) is 0 Å². The van der Waals surface area contributed by atoms with Gasteiger partial charge in [-0.2, -0.15) is 4.31 Å². The monoisotopic (exact) mass is 285 g/mol. The molecule has 0 bridgehead atoms. The number of phenols is 1. The average Bonchev–Trinajstić information content (AvgIpc) is 2.73. The number of hydrogen-bond acceptors (Lipinski definition) is 3. The van der Waals surface area contributed by atoms with Crippen molar-refractivity contribution in [1.82, 2.24) is 4.31 Å². The lowest BCUT2D eigenvalue weighted by Crippen LogP contribution is -2.36. The van der Waals surface area contributed by atoms with E-state index in [0.717, 1.165) is 31.7 Å². The van der Waals surface area contributed by atoms with Crippen molar-refractivity contribution in [1.29, 1.82) is 0 Å². The van der Waals surface area contributed by atoms with Crippen LogP contribution in [0.15, 0.2) is 23.1 Å². The van der Waals surface area contributed by atoms with Crippen LogP contribution in [0.2, 0.25) is 0 Å². The molecule has 0 amide bonds. The van der Waals surface area contributed by atoms with Gasteiger partial charge in [0.2, 0.25) is 10.0 Å². The van der Waals surface area contributed by atoms with Gasteiger partial charge in [-0.05, 0) is 36.8 Å². The summed E-state index contributed by atoms with van der Waals surface area (Å²) in [5, 5.41) is 9.64. The number of benzene rings is 1. The highest BCUT2D eigenvalue weighted by Crippen LogP contribution is 2.49. The normalized spacial score (nSPS) is 22.6. The summed E-state index contributed by atoms with van der Waals surface area (Å²) in [4.78, 5) is -0.591. The van der Waals surface area contributed by atoms with Crippen LogP contribution in [0, 0.1) is 11.2 Å². The highest BCUT2D eigenvalue weighted by atomic mass is 32.2. The highest BCUT2D eigenvalue weighted by Gasteiger charge is 2.47. The van der Waals surface area contributed by atoms with Gasteiger partial charge in [-0.1, -0.05) is 12.5 Å². The van der Waals surface area contributed by atoms with Gasteiger partial charge in [-0.25, -0.2) is 12.8 Å². The Balaban J connectivity index is 1.95. The maximum absolute atomic E-state index is 13.7. The first kappa shape index (κ1) is 12.9. The fraction of sp³-hybridized carbons (Fsp3) is 0.538. The van der Waals surface area contributed by atoms with Gasteiger partial charge in [-0.3, -0.25) is 0 Å². The summed E-state index contributed by atoms with van der Waals surface area (Å²) in [5.41, 5.74) is 0.105. The smallest absolute Gasteiger partial charge is 0.249 e. The Labute approximate surface area is 111 Å². The van der Waals surface area contributed by atoms with E-state index in [1.165, 1.54) is 16.4 Å². The molecular formula is C13H16FNO3S. The average molecular weight is 285 g/mol. The van der Waals surface area contributed by atoms with E-state index in [0.29, 0.717) is 13.1 Å². The Bertz CT molecular complexity index is 590. The SMILES string of the molecule is O=S(=O)(c1c(O)cccc1F)N1CCC2(CCC2)C1. The quantitative estimate of drug-likeness (QED) is 0.905. The second-order valence-electron chi connectivity index (χ2n) is 5.53. The first-order valence-electron chi connectivity index (χ1n) is 6.42. The topological polar surface area (TPSA) is 57.6 Å². The predicted octanol–water partition coefficient (Wildman–Crippen LogP) is 2.10. The number of sulfonamides is 1. The van der Waals surface area contributed by atoms with Crippen molar-refractivity contribution in [2.24, 2.45) is 5.41 Å². The lowest BCUT2D eigenvalue weighted by Gasteiger charge is -2.38. The van der Waals surface area contributed by atoms with Crippen molar-refractivity contribution in [3.63, 3.8) is 0 Å². The summed E-state index contributed by atoms with van der Waals surface area (Å²) in [6.07, 6.45) is 4.06. The van der Waals surface area contributed by atoms with Crippen LogP contribution in [0.5, 0.6) is 5.75 Å². The Morgan fingerprint density at radius 3 is 2.53 bits per heavy atom. The third kappa shape index (κ3) is 1.94. The van der Waals surface area contributed by atoms with Gasteiger partial charge in [-0.15, -0.1) is 0 Å².